The van der Waals surface area contributed by atoms with Crippen molar-refractivity contribution in [3.63, 3.8) is 0 Å². The van der Waals surface area contributed by atoms with Gasteiger partial charge in [-0.05, 0) is 19.0 Å². The van der Waals surface area contributed by atoms with Crippen molar-refractivity contribution in [3.05, 3.63) is 11.3 Å². The number of hydrogen-bond donors (Lipinski definition) is 0. The van der Waals surface area contributed by atoms with Crippen molar-refractivity contribution in [2.45, 2.75) is 13.8 Å². The lowest BCUT2D eigenvalue weighted by Crippen LogP contribution is -2.09. The van der Waals surface area contributed by atoms with Crippen LogP contribution >= 0.6 is 0 Å². The second-order valence-electron chi connectivity index (χ2n) is 3.39. The van der Waals surface area contributed by atoms with Gasteiger partial charge in [-0.2, -0.15) is 4.99 Å². The van der Waals surface area contributed by atoms with Crippen LogP contribution in [-0.4, -0.2) is 43.0 Å². The first-order valence-corrected chi connectivity index (χ1v) is 4.90. The number of rotatable bonds is 4. The normalized spacial score (nSPS) is 10.8. The van der Waals surface area contributed by atoms with E-state index in [1.807, 2.05) is 6.92 Å². The second kappa shape index (κ2) is 5.29. The Bertz CT molecular complexity index is 396. The predicted octanol–water partition coefficient (Wildman–Crippen LogP) is 1.11. The number of nitrogens with zero attached hydrogens (tertiary/aromatic N) is 3. The lowest BCUT2D eigenvalue weighted by atomic mass is 10.3. The number of carbonyl (C=O) groups excluding carboxylic acids is 1. The molecule has 0 aliphatic carbocycles. The SMILES string of the molecule is CCOc1noc(C(=O)/N=C/N(C)C)c1C. The second-order valence-corrected chi connectivity index (χ2v) is 3.39. The third-order valence-corrected chi connectivity index (χ3v) is 1.76. The van der Waals surface area contributed by atoms with Gasteiger partial charge in [0.05, 0.1) is 18.5 Å². The Morgan fingerprint density at radius 2 is 2.31 bits per heavy atom. The lowest BCUT2D eigenvalue weighted by molar-refractivity contribution is 0.0966. The minimum absolute atomic E-state index is 0.113. The molecule has 1 aromatic rings. The molecule has 0 bridgehead atoms. The number of aliphatic imine (C=N–C) groups is 1. The molecule has 0 unspecified atom stereocenters. The molecule has 6 heteroatoms. The van der Waals surface area contributed by atoms with Crippen LogP contribution in [0.15, 0.2) is 9.52 Å². The third kappa shape index (κ3) is 2.82. The van der Waals surface area contributed by atoms with Crippen LogP contribution in [0.5, 0.6) is 5.88 Å². The molecule has 0 atom stereocenters. The molecule has 0 N–H and O–H groups in total. The molecule has 0 spiro atoms. The van der Waals surface area contributed by atoms with Gasteiger partial charge in [0.25, 0.3) is 5.88 Å². The van der Waals surface area contributed by atoms with E-state index in [1.165, 1.54) is 6.34 Å². The van der Waals surface area contributed by atoms with E-state index in [4.69, 9.17) is 9.26 Å². The highest BCUT2D eigenvalue weighted by Gasteiger charge is 2.18. The summed E-state index contributed by atoms with van der Waals surface area (Å²) in [5.41, 5.74) is 0.572. The van der Waals surface area contributed by atoms with Crippen LogP contribution in [0, 0.1) is 6.92 Å². The van der Waals surface area contributed by atoms with Gasteiger partial charge in [-0.3, -0.25) is 4.79 Å². The van der Waals surface area contributed by atoms with Gasteiger partial charge >= 0.3 is 5.91 Å². The fourth-order valence-corrected chi connectivity index (χ4v) is 1.02. The maximum absolute atomic E-state index is 11.6. The van der Waals surface area contributed by atoms with Crippen LogP contribution in [0.1, 0.15) is 23.0 Å². The predicted molar refractivity (Wildman–Crippen MR) is 58.9 cm³/mol. The highest BCUT2D eigenvalue weighted by Crippen LogP contribution is 2.20. The van der Waals surface area contributed by atoms with E-state index in [2.05, 4.69) is 10.1 Å². The van der Waals surface area contributed by atoms with Gasteiger partial charge < -0.3 is 14.2 Å². The fraction of sp³-hybridized carbons (Fsp3) is 0.500. The first-order chi connectivity index (χ1) is 7.56. The number of hydrogen-bond acceptors (Lipinski definition) is 4. The summed E-state index contributed by atoms with van der Waals surface area (Å²) < 4.78 is 10.1. The Hall–Kier alpha value is -1.85. The molecule has 0 aromatic carbocycles. The van der Waals surface area contributed by atoms with Crippen molar-refractivity contribution in [1.82, 2.24) is 10.1 Å². The molecule has 88 valence electrons. The van der Waals surface area contributed by atoms with Crippen molar-refractivity contribution < 1.29 is 14.1 Å². The van der Waals surface area contributed by atoms with Crippen LogP contribution in [0.3, 0.4) is 0 Å². The third-order valence-electron chi connectivity index (χ3n) is 1.76. The Balaban J connectivity index is 2.84. The zero-order chi connectivity index (χ0) is 12.1. The first-order valence-electron chi connectivity index (χ1n) is 4.90. The topological polar surface area (TPSA) is 67.9 Å². The monoisotopic (exact) mass is 225 g/mol. The average molecular weight is 225 g/mol. The quantitative estimate of drug-likeness (QED) is 0.567. The zero-order valence-corrected chi connectivity index (χ0v) is 9.85. The summed E-state index contributed by atoms with van der Waals surface area (Å²) >= 11 is 0. The molecule has 16 heavy (non-hydrogen) atoms. The largest absolute Gasteiger partial charge is 0.476 e. The van der Waals surface area contributed by atoms with Gasteiger partial charge in [0, 0.05) is 14.1 Å². The summed E-state index contributed by atoms with van der Waals surface area (Å²) in [6.45, 7) is 4.02. The van der Waals surface area contributed by atoms with E-state index in [0.717, 1.165) is 0 Å². The van der Waals surface area contributed by atoms with Crippen LogP contribution in [0.4, 0.5) is 0 Å². The lowest BCUT2D eigenvalue weighted by Gasteiger charge is -2.00. The Morgan fingerprint density at radius 3 is 2.88 bits per heavy atom. The van der Waals surface area contributed by atoms with Crippen LogP contribution in [-0.2, 0) is 0 Å². The standard InChI is InChI=1S/C10H15N3O3/c1-5-15-10-7(2)8(16-12-10)9(14)11-6-13(3)4/h6H,5H2,1-4H3/b11-6+. The minimum Gasteiger partial charge on any atom is -0.476 e. The van der Waals surface area contributed by atoms with Gasteiger partial charge in [0.1, 0.15) is 0 Å². The molecule has 0 saturated heterocycles. The van der Waals surface area contributed by atoms with Gasteiger partial charge in [-0.25, -0.2) is 0 Å². The zero-order valence-electron chi connectivity index (χ0n) is 9.85. The van der Waals surface area contributed by atoms with Gasteiger partial charge in [0.15, 0.2) is 0 Å². The van der Waals surface area contributed by atoms with Crippen molar-refractivity contribution in [2.75, 3.05) is 20.7 Å². The maximum atomic E-state index is 11.6. The molecule has 1 rings (SSSR count). The van der Waals surface area contributed by atoms with E-state index < -0.39 is 5.91 Å². The molecule has 1 heterocycles. The molecular weight excluding hydrogens is 210 g/mol. The molecular formula is C10H15N3O3. The smallest absolute Gasteiger partial charge is 0.317 e. The van der Waals surface area contributed by atoms with Crippen molar-refractivity contribution >= 4 is 12.2 Å². The molecule has 0 saturated carbocycles. The average Bonchev–Trinajstić information content (AvgIpc) is 2.58. The molecule has 0 fully saturated rings. The van der Waals surface area contributed by atoms with E-state index in [-0.39, 0.29) is 5.76 Å². The van der Waals surface area contributed by atoms with Gasteiger partial charge in [0.2, 0.25) is 5.76 Å². The van der Waals surface area contributed by atoms with Crippen LogP contribution in [0.2, 0.25) is 0 Å². The summed E-state index contributed by atoms with van der Waals surface area (Å²) in [6, 6.07) is 0. The first kappa shape index (κ1) is 12.2. The Kier molecular flexibility index (Phi) is 4.04. The Labute approximate surface area is 93.9 Å². The summed E-state index contributed by atoms with van der Waals surface area (Å²) in [5, 5.41) is 3.65. The number of amides is 1. The summed E-state index contributed by atoms with van der Waals surface area (Å²) in [5.74, 6) is -0.0166. The highest BCUT2D eigenvalue weighted by atomic mass is 16.5. The molecule has 1 amide bonds. The number of carbonyl (C=O) groups is 1. The Morgan fingerprint density at radius 1 is 1.62 bits per heavy atom. The van der Waals surface area contributed by atoms with E-state index >= 15 is 0 Å². The highest BCUT2D eigenvalue weighted by molar-refractivity contribution is 5.97. The minimum atomic E-state index is -0.468. The van der Waals surface area contributed by atoms with Crippen molar-refractivity contribution in [1.29, 1.82) is 0 Å². The van der Waals surface area contributed by atoms with E-state index in [1.54, 1.807) is 25.9 Å². The van der Waals surface area contributed by atoms with Crippen LogP contribution < -0.4 is 4.74 Å². The molecule has 0 radical (unpaired) electrons. The number of aromatic nitrogens is 1. The van der Waals surface area contributed by atoms with Crippen LogP contribution in [0.25, 0.3) is 0 Å². The fourth-order valence-electron chi connectivity index (χ4n) is 1.02. The van der Waals surface area contributed by atoms with Gasteiger partial charge in [-0.1, -0.05) is 0 Å². The van der Waals surface area contributed by atoms with E-state index in [9.17, 15) is 4.79 Å². The summed E-state index contributed by atoms with van der Waals surface area (Å²) in [4.78, 5) is 16.9. The summed E-state index contributed by atoms with van der Waals surface area (Å²) in [6.07, 6.45) is 1.41. The molecule has 6 nitrogen and oxygen atoms in total. The number of ether oxygens (including phenoxy) is 1. The van der Waals surface area contributed by atoms with Gasteiger partial charge in [-0.15, -0.1) is 0 Å². The van der Waals surface area contributed by atoms with Crippen molar-refractivity contribution in [3.8, 4) is 5.88 Å². The molecule has 1 aromatic heterocycles. The maximum Gasteiger partial charge on any atom is 0.317 e. The molecule has 0 aliphatic heterocycles. The molecule has 0 aliphatic rings. The van der Waals surface area contributed by atoms with E-state index in [0.29, 0.717) is 18.1 Å². The van der Waals surface area contributed by atoms with Crippen molar-refractivity contribution in [2.24, 2.45) is 4.99 Å². The summed E-state index contributed by atoms with van der Waals surface area (Å²) in [7, 11) is 3.55.